The van der Waals surface area contributed by atoms with Crippen LogP contribution in [0.4, 0.5) is 0 Å². The Balaban J connectivity index is 1.76. The predicted octanol–water partition coefficient (Wildman–Crippen LogP) is -1.22. The molecule has 2 heterocycles. The number of hydrogen-bond acceptors (Lipinski definition) is 4. The lowest BCUT2D eigenvalue weighted by atomic mass is 10.0. The van der Waals surface area contributed by atoms with E-state index in [0.29, 0.717) is 13.1 Å². The second kappa shape index (κ2) is 4.37. The normalized spacial score (nSPS) is 26.5. The first-order chi connectivity index (χ1) is 7.05. The van der Waals surface area contributed by atoms with Crippen molar-refractivity contribution in [1.29, 1.82) is 0 Å². The first kappa shape index (κ1) is 11.3. The molecule has 0 saturated carbocycles. The van der Waals surface area contributed by atoms with E-state index in [0.717, 1.165) is 38.6 Å². The summed E-state index contributed by atoms with van der Waals surface area (Å²) >= 11 is 0. The molecule has 5 nitrogen and oxygen atoms in total. The Labute approximate surface area is 91.5 Å². The minimum Gasteiger partial charge on any atom is -0.316 e. The van der Waals surface area contributed by atoms with Crippen LogP contribution in [-0.4, -0.2) is 69.7 Å². The number of nitrogens with zero attached hydrogens (tertiary/aromatic N) is 2. The van der Waals surface area contributed by atoms with Gasteiger partial charge in [-0.05, 0) is 5.92 Å². The summed E-state index contributed by atoms with van der Waals surface area (Å²) in [6.07, 6.45) is 1.29. The summed E-state index contributed by atoms with van der Waals surface area (Å²) in [5.41, 5.74) is 0. The highest BCUT2D eigenvalue weighted by molar-refractivity contribution is 7.88. The van der Waals surface area contributed by atoms with Crippen LogP contribution in [0.2, 0.25) is 0 Å². The molecule has 0 bridgehead atoms. The van der Waals surface area contributed by atoms with Gasteiger partial charge in [-0.3, -0.25) is 0 Å². The molecule has 2 fully saturated rings. The number of sulfonamides is 1. The van der Waals surface area contributed by atoms with Crippen molar-refractivity contribution in [3.8, 4) is 0 Å². The van der Waals surface area contributed by atoms with Crippen molar-refractivity contribution in [2.45, 2.75) is 0 Å². The fourth-order valence-electron chi connectivity index (χ4n) is 2.09. The van der Waals surface area contributed by atoms with Gasteiger partial charge in [-0.25, -0.2) is 8.42 Å². The van der Waals surface area contributed by atoms with E-state index in [1.807, 2.05) is 0 Å². The fraction of sp³-hybridized carbons (Fsp3) is 1.00. The molecule has 0 radical (unpaired) electrons. The quantitative estimate of drug-likeness (QED) is 0.664. The van der Waals surface area contributed by atoms with Crippen molar-refractivity contribution in [3.05, 3.63) is 0 Å². The molecule has 2 saturated heterocycles. The first-order valence-electron chi connectivity index (χ1n) is 5.44. The van der Waals surface area contributed by atoms with E-state index in [2.05, 4.69) is 10.2 Å². The minimum absolute atomic E-state index is 0.652. The van der Waals surface area contributed by atoms with Crippen molar-refractivity contribution in [2.24, 2.45) is 5.92 Å². The van der Waals surface area contributed by atoms with E-state index in [4.69, 9.17) is 0 Å². The third kappa shape index (κ3) is 2.90. The van der Waals surface area contributed by atoms with Crippen molar-refractivity contribution in [1.82, 2.24) is 14.5 Å². The van der Waals surface area contributed by atoms with Gasteiger partial charge in [-0.15, -0.1) is 0 Å². The Kier molecular flexibility index (Phi) is 3.30. The van der Waals surface area contributed by atoms with Gasteiger partial charge in [0.1, 0.15) is 0 Å². The zero-order valence-electron chi connectivity index (χ0n) is 9.15. The van der Waals surface area contributed by atoms with Crippen LogP contribution >= 0.6 is 0 Å². The van der Waals surface area contributed by atoms with Gasteiger partial charge in [0.25, 0.3) is 0 Å². The van der Waals surface area contributed by atoms with Crippen LogP contribution in [0.5, 0.6) is 0 Å². The van der Waals surface area contributed by atoms with Crippen molar-refractivity contribution in [3.63, 3.8) is 0 Å². The monoisotopic (exact) mass is 233 g/mol. The van der Waals surface area contributed by atoms with Crippen LogP contribution < -0.4 is 5.32 Å². The molecule has 2 rings (SSSR count). The van der Waals surface area contributed by atoms with Gasteiger partial charge >= 0.3 is 0 Å². The van der Waals surface area contributed by atoms with Gasteiger partial charge in [0.05, 0.1) is 6.26 Å². The van der Waals surface area contributed by atoms with Crippen LogP contribution in [-0.2, 0) is 10.0 Å². The average Bonchev–Trinajstić information content (AvgIpc) is 2.11. The Morgan fingerprint density at radius 3 is 2.20 bits per heavy atom. The highest BCUT2D eigenvalue weighted by Gasteiger charge is 2.26. The Hall–Kier alpha value is -0.170. The molecule has 0 aromatic heterocycles. The lowest BCUT2D eigenvalue weighted by Crippen LogP contribution is -2.53. The summed E-state index contributed by atoms with van der Waals surface area (Å²) in [4.78, 5) is 2.37. The molecule has 88 valence electrons. The molecular weight excluding hydrogens is 214 g/mol. The van der Waals surface area contributed by atoms with Gasteiger partial charge < -0.3 is 10.2 Å². The maximum atomic E-state index is 11.3. The van der Waals surface area contributed by atoms with Gasteiger partial charge in [0.15, 0.2) is 0 Å². The molecule has 0 atom stereocenters. The van der Waals surface area contributed by atoms with Gasteiger partial charge in [-0.2, -0.15) is 4.31 Å². The molecule has 0 amide bonds. The maximum Gasteiger partial charge on any atom is 0.211 e. The zero-order valence-corrected chi connectivity index (χ0v) is 9.96. The molecule has 0 spiro atoms. The summed E-state index contributed by atoms with van der Waals surface area (Å²) in [6, 6.07) is 0. The molecule has 0 aromatic rings. The molecular formula is C9H19N3O2S. The van der Waals surface area contributed by atoms with Gasteiger partial charge in [-0.1, -0.05) is 0 Å². The van der Waals surface area contributed by atoms with E-state index in [1.54, 1.807) is 4.31 Å². The lowest BCUT2D eigenvalue weighted by Gasteiger charge is -2.37. The molecule has 15 heavy (non-hydrogen) atoms. The van der Waals surface area contributed by atoms with Crippen LogP contribution in [0.15, 0.2) is 0 Å². The number of piperazine rings is 1. The number of hydrogen-bond donors (Lipinski definition) is 1. The highest BCUT2D eigenvalue weighted by Crippen LogP contribution is 2.10. The second-order valence-electron chi connectivity index (χ2n) is 4.49. The second-order valence-corrected chi connectivity index (χ2v) is 6.47. The largest absolute Gasteiger partial charge is 0.316 e. The smallest absolute Gasteiger partial charge is 0.211 e. The van der Waals surface area contributed by atoms with Crippen LogP contribution in [0.1, 0.15) is 0 Å². The van der Waals surface area contributed by atoms with Crippen LogP contribution in [0.3, 0.4) is 0 Å². The van der Waals surface area contributed by atoms with E-state index in [9.17, 15) is 8.42 Å². The maximum absolute atomic E-state index is 11.3. The Morgan fingerprint density at radius 2 is 1.80 bits per heavy atom. The highest BCUT2D eigenvalue weighted by atomic mass is 32.2. The molecule has 0 aromatic carbocycles. The Bertz CT molecular complexity index is 305. The van der Waals surface area contributed by atoms with Gasteiger partial charge in [0.2, 0.25) is 10.0 Å². The summed E-state index contributed by atoms with van der Waals surface area (Å²) in [5, 5.41) is 3.25. The number of nitrogens with one attached hydrogen (secondary N) is 1. The van der Waals surface area contributed by atoms with E-state index in [-0.39, 0.29) is 0 Å². The number of rotatable bonds is 3. The van der Waals surface area contributed by atoms with E-state index in [1.165, 1.54) is 6.26 Å². The van der Waals surface area contributed by atoms with Crippen molar-refractivity contribution >= 4 is 10.0 Å². The van der Waals surface area contributed by atoms with Crippen molar-refractivity contribution in [2.75, 3.05) is 52.1 Å². The first-order valence-corrected chi connectivity index (χ1v) is 7.29. The molecule has 0 unspecified atom stereocenters. The Morgan fingerprint density at radius 1 is 1.20 bits per heavy atom. The fourth-order valence-corrected chi connectivity index (χ4v) is 2.91. The van der Waals surface area contributed by atoms with Crippen LogP contribution in [0, 0.1) is 5.92 Å². The van der Waals surface area contributed by atoms with Gasteiger partial charge in [0, 0.05) is 45.8 Å². The lowest BCUT2D eigenvalue weighted by molar-refractivity contribution is 0.145. The van der Waals surface area contributed by atoms with E-state index < -0.39 is 10.0 Å². The third-order valence-corrected chi connectivity index (χ3v) is 4.49. The molecule has 1 N–H and O–H groups in total. The standard InChI is InChI=1S/C9H19N3O2S/c1-15(13,14)12-4-2-11(3-5-12)8-9-6-10-7-9/h9-10H,2-8H2,1H3. The predicted molar refractivity (Wildman–Crippen MR) is 59.2 cm³/mol. The summed E-state index contributed by atoms with van der Waals surface area (Å²) in [7, 11) is -2.98. The SMILES string of the molecule is CS(=O)(=O)N1CCN(CC2CNC2)CC1. The van der Waals surface area contributed by atoms with Crippen LogP contribution in [0.25, 0.3) is 0 Å². The molecule has 2 aliphatic rings. The summed E-state index contributed by atoms with van der Waals surface area (Å²) < 4.78 is 24.1. The molecule has 2 aliphatic heterocycles. The third-order valence-electron chi connectivity index (χ3n) is 3.18. The summed E-state index contributed by atoms with van der Waals surface area (Å²) in [6.45, 7) is 6.41. The zero-order chi connectivity index (χ0) is 10.9. The molecule has 0 aliphatic carbocycles. The average molecular weight is 233 g/mol. The van der Waals surface area contributed by atoms with E-state index >= 15 is 0 Å². The summed E-state index contributed by atoms with van der Waals surface area (Å²) in [5.74, 6) is 0.773. The molecule has 6 heteroatoms. The van der Waals surface area contributed by atoms with Crippen molar-refractivity contribution < 1.29 is 8.42 Å². The minimum atomic E-state index is -2.98. The topological polar surface area (TPSA) is 52.7 Å².